The first-order valence-electron chi connectivity index (χ1n) is 8.04. The molecule has 0 saturated heterocycles. The Morgan fingerprint density at radius 2 is 2.04 bits per heavy atom. The van der Waals surface area contributed by atoms with Crippen molar-refractivity contribution >= 4 is 11.6 Å². The summed E-state index contributed by atoms with van der Waals surface area (Å²) in [6.45, 7) is 6.90. The maximum Gasteiger partial charge on any atom is 0.225 e. The quantitative estimate of drug-likeness (QED) is 0.783. The van der Waals surface area contributed by atoms with Gasteiger partial charge >= 0.3 is 0 Å². The molecule has 6 heteroatoms. The van der Waals surface area contributed by atoms with Gasteiger partial charge in [-0.2, -0.15) is 5.10 Å². The van der Waals surface area contributed by atoms with Crippen molar-refractivity contribution in [2.75, 3.05) is 5.32 Å². The van der Waals surface area contributed by atoms with Crippen molar-refractivity contribution in [3.8, 4) is 0 Å². The van der Waals surface area contributed by atoms with Gasteiger partial charge in [-0.3, -0.25) is 9.48 Å². The second-order valence-corrected chi connectivity index (χ2v) is 5.85. The van der Waals surface area contributed by atoms with Gasteiger partial charge in [0.1, 0.15) is 12.7 Å². The summed E-state index contributed by atoms with van der Waals surface area (Å²) in [6.07, 6.45) is 4.55. The average Bonchev–Trinajstić information content (AvgIpc) is 3.00. The van der Waals surface area contributed by atoms with Gasteiger partial charge in [0.25, 0.3) is 0 Å². The lowest BCUT2D eigenvalue weighted by Crippen LogP contribution is -2.39. The van der Waals surface area contributed by atoms with Crippen molar-refractivity contribution in [3.05, 3.63) is 42.5 Å². The number of carbonyl (C=O) groups excluding carboxylic acids is 1. The highest BCUT2D eigenvalue weighted by Gasteiger charge is 2.13. The van der Waals surface area contributed by atoms with Crippen LogP contribution in [0.25, 0.3) is 0 Å². The van der Waals surface area contributed by atoms with Crippen molar-refractivity contribution in [2.45, 2.75) is 52.2 Å². The van der Waals surface area contributed by atoms with Crippen molar-refractivity contribution in [3.63, 3.8) is 0 Å². The predicted octanol–water partition coefficient (Wildman–Crippen LogP) is 2.24. The predicted molar refractivity (Wildman–Crippen MR) is 91.1 cm³/mol. The molecule has 6 nitrogen and oxygen atoms in total. The number of nitrogens with one attached hydrogen (secondary N) is 2. The van der Waals surface area contributed by atoms with Crippen molar-refractivity contribution in [1.29, 1.82) is 0 Å². The van der Waals surface area contributed by atoms with Gasteiger partial charge in [0.05, 0.1) is 6.54 Å². The Bertz CT molecular complexity index is 611. The van der Waals surface area contributed by atoms with E-state index in [-0.39, 0.29) is 18.0 Å². The first-order chi connectivity index (χ1) is 11.1. The van der Waals surface area contributed by atoms with Gasteiger partial charge in [0.2, 0.25) is 5.91 Å². The van der Waals surface area contributed by atoms with E-state index in [4.69, 9.17) is 0 Å². The minimum atomic E-state index is 0.0267. The van der Waals surface area contributed by atoms with Gasteiger partial charge in [-0.05, 0) is 31.9 Å². The Morgan fingerprint density at radius 1 is 1.26 bits per heavy atom. The molecule has 1 aromatic carbocycles. The first-order valence-corrected chi connectivity index (χ1v) is 8.04. The van der Waals surface area contributed by atoms with Gasteiger partial charge in [-0.15, -0.1) is 0 Å². The molecule has 124 valence electrons. The second-order valence-electron chi connectivity index (χ2n) is 5.85. The summed E-state index contributed by atoms with van der Waals surface area (Å²) in [6, 6.07) is 8.21. The molecule has 2 atom stereocenters. The number of anilines is 1. The summed E-state index contributed by atoms with van der Waals surface area (Å²) in [5.74, 6) is 0.0267. The molecule has 0 spiro atoms. The summed E-state index contributed by atoms with van der Waals surface area (Å²) in [4.78, 5) is 16.1. The van der Waals surface area contributed by atoms with Crippen LogP contribution in [0.1, 0.15) is 32.8 Å². The number of aromatic nitrogens is 3. The summed E-state index contributed by atoms with van der Waals surface area (Å²) in [7, 11) is 0. The van der Waals surface area contributed by atoms with E-state index >= 15 is 0 Å². The maximum absolute atomic E-state index is 12.2. The zero-order valence-corrected chi connectivity index (χ0v) is 14.0. The normalized spacial score (nSPS) is 13.5. The third-order valence-electron chi connectivity index (χ3n) is 3.66. The first kappa shape index (κ1) is 17.1. The van der Waals surface area contributed by atoms with Crippen molar-refractivity contribution in [1.82, 2.24) is 20.1 Å². The number of hydrogen-bond donors (Lipinski definition) is 2. The van der Waals surface area contributed by atoms with E-state index < -0.39 is 0 Å². The summed E-state index contributed by atoms with van der Waals surface area (Å²) >= 11 is 0. The van der Waals surface area contributed by atoms with E-state index in [0.717, 1.165) is 24.2 Å². The lowest BCUT2D eigenvalue weighted by atomic mass is 10.1. The molecule has 2 N–H and O–H groups in total. The van der Waals surface area contributed by atoms with Crippen LogP contribution in [0.15, 0.2) is 36.9 Å². The molecule has 2 aromatic rings. The van der Waals surface area contributed by atoms with E-state index in [9.17, 15) is 4.79 Å². The highest BCUT2D eigenvalue weighted by Crippen LogP contribution is 2.15. The molecular weight excluding hydrogens is 290 g/mol. The van der Waals surface area contributed by atoms with Crippen molar-refractivity contribution < 1.29 is 4.79 Å². The van der Waals surface area contributed by atoms with Crippen LogP contribution in [0.3, 0.4) is 0 Å². The molecule has 23 heavy (non-hydrogen) atoms. The maximum atomic E-state index is 12.2. The number of rotatable bonds is 8. The smallest absolute Gasteiger partial charge is 0.225 e. The molecule has 0 aliphatic carbocycles. The van der Waals surface area contributed by atoms with Crippen LogP contribution >= 0.6 is 0 Å². The largest absolute Gasteiger partial charge is 0.326 e. The number of carbonyl (C=O) groups is 1. The third kappa shape index (κ3) is 5.49. The van der Waals surface area contributed by atoms with Gasteiger partial charge < -0.3 is 10.6 Å². The summed E-state index contributed by atoms with van der Waals surface area (Å²) in [5.41, 5.74) is 2.06. The average molecular weight is 315 g/mol. The Balaban J connectivity index is 1.80. The fourth-order valence-electron chi connectivity index (χ4n) is 2.63. The Kier molecular flexibility index (Phi) is 6.29. The van der Waals surface area contributed by atoms with E-state index in [2.05, 4.69) is 34.6 Å². The molecule has 0 fully saturated rings. The highest BCUT2D eigenvalue weighted by atomic mass is 16.1. The summed E-state index contributed by atoms with van der Waals surface area (Å²) < 4.78 is 1.78. The van der Waals surface area contributed by atoms with Crippen molar-refractivity contribution in [2.24, 2.45) is 0 Å². The van der Waals surface area contributed by atoms with Gasteiger partial charge in [0, 0.05) is 24.2 Å². The minimum absolute atomic E-state index is 0.0267. The van der Waals surface area contributed by atoms with Crippen LogP contribution < -0.4 is 10.6 Å². The number of benzene rings is 1. The van der Waals surface area contributed by atoms with Crippen LogP contribution in [0, 0.1) is 0 Å². The van der Waals surface area contributed by atoms with Gasteiger partial charge in [-0.1, -0.05) is 25.1 Å². The number of hydrogen-bond acceptors (Lipinski definition) is 4. The monoisotopic (exact) mass is 315 g/mol. The molecule has 0 aliphatic heterocycles. The Labute approximate surface area is 137 Å². The SMILES string of the molecule is CCc1ccccc1NC(=O)C[C@@H](C)N[C@H](C)Cn1cncn1. The topological polar surface area (TPSA) is 71.8 Å². The number of para-hydroxylation sites is 1. The second kappa shape index (κ2) is 8.43. The zero-order chi connectivity index (χ0) is 16.7. The third-order valence-corrected chi connectivity index (χ3v) is 3.66. The standard InChI is InChI=1S/C17H25N5O/c1-4-15-7-5-6-8-16(15)21-17(23)9-13(2)20-14(3)10-22-12-18-11-19-22/h5-8,11-14,20H,4,9-10H2,1-3H3,(H,21,23)/t13-,14-/m1/s1. The number of aryl methyl sites for hydroxylation is 1. The number of amides is 1. The molecule has 2 rings (SSSR count). The van der Waals surface area contributed by atoms with Crippen LogP contribution in [0.5, 0.6) is 0 Å². The Morgan fingerprint density at radius 3 is 2.74 bits per heavy atom. The fraction of sp³-hybridized carbons (Fsp3) is 0.471. The van der Waals surface area contributed by atoms with Crippen LogP contribution in [-0.4, -0.2) is 32.8 Å². The van der Waals surface area contributed by atoms with Gasteiger partial charge in [0.15, 0.2) is 0 Å². The minimum Gasteiger partial charge on any atom is -0.326 e. The Hall–Kier alpha value is -2.21. The van der Waals surface area contributed by atoms with Gasteiger partial charge in [-0.25, -0.2) is 4.98 Å². The van der Waals surface area contributed by atoms with E-state index in [1.54, 1.807) is 11.0 Å². The molecule has 0 bridgehead atoms. The zero-order valence-electron chi connectivity index (χ0n) is 14.0. The highest BCUT2D eigenvalue weighted by molar-refractivity contribution is 5.91. The number of nitrogens with zero attached hydrogens (tertiary/aromatic N) is 3. The van der Waals surface area contributed by atoms with E-state index in [1.165, 1.54) is 6.33 Å². The molecule has 1 amide bonds. The molecule has 0 unspecified atom stereocenters. The molecule has 0 aliphatic rings. The molecule has 0 radical (unpaired) electrons. The van der Waals surface area contributed by atoms with Crippen LogP contribution in [0.4, 0.5) is 5.69 Å². The molecule has 1 heterocycles. The van der Waals surface area contributed by atoms with Crippen LogP contribution in [0.2, 0.25) is 0 Å². The summed E-state index contributed by atoms with van der Waals surface area (Å²) in [5, 5.41) is 10.5. The lowest BCUT2D eigenvalue weighted by molar-refractivity contribution is -0.116. The van der Waals surface area contributed by atoms with Crippen LogP contribution in [-0.2, 0) is 17.8 Å². The molecule has 0 saturated carbocycles. The van der Waals surface area contributed by atoms with E-state index in [0.29, 0.717) is 6.42 Å². The van der Waals surface area contributed by atoms with E-state index in [1.807, 2.05) is 31.2 Å². The molecule has 1 aromatic heterocycles. The lowest BCUT2D eigenvalue weighted by Gasteiger charge is -2.20. The fourth-order valence-corrected chi connectivity index (χ4v) is 2.63. The molecular formula is C17H25N5O.